The summed E-state index contributed by atoms with van der Waals surface area (Å²) in [5.41, 5.74) is 7.14. The van der Waals surface area contributed by atoms with Crippen LogP contribution in [-0.2, 0) is 9.31 Å². The molecular weight excluding hydrogens is 395 g/mol. The molecule has 4 heteroatoms. The first-order valence-electron chi connectivity index (χ1n) is 11.2. The summed E-state index contributed by atoms with van der Waals surface area (Å²) in [6.07, 6.45) is 0. The lowest BCUT2D eigenvalue weighted by Gasteiger charge is -2.32. The van der Waals surface area contributed by atoms with Crippen molar-refractivity contribution in [3.8, 4) is 22.3 Å². The van der Waals surface area contributed by atoms with E-state index in [0.29, 0.717) is 0 Å². The standard InChI is InChI=1S/C28H23BO3/c1-27(2)28(3,4)32-29(31-27)22-13-8-14-23-25(22)21-15-20-17-10-6-5-9-16(17)18-11-7-12-19(24(18)20)26(21)30-23/h5-15H,1-4H3. The molecule has 156 valence electrons. The lowest BCUT2D eigenvalue weighted by atomic mass is 9.76. The SMILES string of the molecule is CC1(C)OB(c2cccc3oc4c5cccc6c5c(cc4c23)-c2ccccc2-6)OC1(C)C. The summed E-state index contributed by atoms with van der Waals surface area (Å²) >= 11 is 0. The lowest BCUT2D eigenvalue weighted by molar-refractivity contribution is 0.00578. The van der Waals surface area contributed by atoms with Gasteiger partial charge in [0, 0.05) is 21.5 Å². The Balaban J connectivity index is 1.57. The highest BCUT2D eigenvalue weighted by molar-refractivity contribution is 6.66. The number of furan rings is 1. The molecule has 7 rings (SSSR count). The van der Waals surface area contributed by atoms with Gasteiger partial charge in [0.05, 0.1) is 11.2 Å². The molecule has 32 heavy (non-hydrogen) atoms. The molecule has 0 radical (unpaired) electrons. The highest BCUT2D eigenvalue weighted by atomic mass is 16.7. The Morgan fingerprint density at radius 3 is 2.03 bits per heavy atom. The smallest absolute Gasteiger partial charge is 0.455 e. The molecule has 0 saturated carbocycles. The van der Waals surface area contributed by atoms with Gasteiger partial charge in [-0.2, -0.15) is 0 Å². The molecule has 0 bridgehead atoms. The van der Waals surface area contributed by atoms with Gasteiger partial charge in [0.25, 0.3) is 0 Å². The fourth-order valence-corrected chi connectivity index (χ4v) is 5.34. The molecule has 5 aromatic rings. The summed E-state index contributed by atoms with van der Waals surface area (Å²) in [6.45, 7) is 8.36. The molecule has 1 saturated heterocycles. The van der Waals surface area contributed by atoms with Crippen LogP contribution >= 0.6 is 0 Å². The molecule has 1 aromatic heterocycles. The van der Waals surface area contributed by atoms with Crippen LogP contribution in [0, 0.1) is 0 Å². The average Bonchev–Trinajstić information content (AvgIpc) is 3.38. The van der Waals surface area contributed by atoms with E-state index in [4.69, 9.17) is 13.7 Å². The van der Waals surface area contributed by atoms with E-state index in [1.807, 2.05) is 12.1 Å². The van der Waals surface area contributed by atoms with Crippen molar-refractivity contribution in [2.24, 2.45) is 0 Å². The second-order valence-electron chi connectivity index (χ2n) is 9.99. The largest absolute Gasteiger partial charge is 0.495 e. The van der Waals surface area contributed by atoms with Crippen molar-refractivity contribution in [2.75, 3.05) is 0 Å². The average molecular weight is 418 g/mol. The van der Waals surface area contributed by atoms with E-state index < -0.39 is 18.3 Å². The Morgan fingerprint density at radius 1 is 0.625 bits per heavy atom. The second kappa shape index (κ2) is 5.83. The Morgan fingerprint density at radius 2 is 1.28 bits per heavy atom. The topological polar surface area (TPSA) is 31.6 Å². The minimum atomic E-state index is -0.438. The Bertz CT molecular complexity index is 1580. The van der Waals surface area contributed by atoms with Crippen molar-refractivity contribution in [1.29, 1.82) is 0 Å². The van der Waals surface area contributed by atoms with Gasteiger partial charge in [-0.3, -0.25) is 0 Å². The van der Waals surface area contributed by atoms with Gasteiger partial charge >= 0.3 is 7.12 Å². The van der Waals surface area contributed by atoms with E-state index in [2.05, 4.69) is 82.3 Å². The maximum absolute atomic E-state index is 6.50. The maximum Gasteiger partial charge on any atom is 0.495 e. The molecule has 0 spiro atoms. The summed E-state index contributed by atoms with van der Waals surface area (Å²) in [4.78, 5) is 0. The summed E-state index contributed by atoms with van der Waals surface area (Å²) < 4.78 is 19.3. The van der Waals surface area contributed by atoms with Crippen LogP contribution in [0.2, 0.25) is 0 Å². The number of hydrogen-bond acceptors (Lipinski definition) is 3. The molecule has 2 heterocycles. The molecular formula is C28H23BO3. The second-order valence-corrected chi connectivity index (χ2v) is 9.99. The predicted octanol–water partition coefficient (Wildman–Crippen LogP) is 6.69. The molecule has 2 aliphatic rings. The van der Waals surface area contributed by atoms with Crippen LogP contribution < -0.4 is 5.46 Å². The van der Waals surface area contributed by atoms with Crippen molar-refractivity contribution in [3.63, 3.8) is 0 Å². The number of fused-ring (bicyclic) bond motifs is 7. The molecule has 1 aliphatic carbocycles. The van der Waals surface area contributed by atoms with E-state index in [1.54, 1.807) is 0 Å². The Hall–Kier alpha value is -3.08. The van der Waals surface area contributed by atoms with Crippen LogP contribution in [0.3, 0.4) is 0 Å². The Labute approximate surface area is 187 Å². The Kier molecular flexibility index (Phi) is 3.37. The van der Waals surface area contributed by atoms with Crippen LogP contribution in [0.15, 0.2) is 71.1 Å². The first-order chi connectivity index (χ1) is 15.4. The lowest BCUT2D eigenvalue weighted by Crippen LogP contribution is -2.41. The third-order valence-corrected chi connectivity index (χ3v) is 7.67. The fraction of sp³-hybridized carbons (Fsp3) is 0.214. The van der Waals surface area contributed by atoms with Gasteiger partial charge in [0.15, 0.2) is 0 Å². The minimum absolute atomic E-state index is 0.395. The zero-order valence-corrected chi connectivity index (χ0v) is 18.7. The molecule has 0 unspecified atom stereocenters. The van der Waals surface area contributed by atoms with Crippen molar-refractivity contribution < 1.29 is 13.7 Å². The first-order valence-corrected chi connectivity index (χ1v) is 11.2. The van der Waals surface area contributed by atoms with Crippen LogP contribution in [-0.4, -0.2) is 18.3 Å². The van der Waals surface area contributed by atoms with Gasteiger partial charge in [-0.05, 0) is 67.5 Å². The van der Waals surface area contributed by atoms with Gasteiger partial charge in [0.2, 0.25) is 0 Å². The van der Waals surface area contributed by atoms with Crippen LogP contribution in [0.5, 0.6) is 0 Å². The van der Waals surface area contributed by atoms with E-state index in [1.165, 1.54) is 27.6 Å². The molecule has 0 amide bonds. The zero-order chi connectivity index (χ0) is 21.8. The summed E-state index contributed by atoms with van der Waals surface area (Å²) in [6, 6.07) is 23.6. The third kappa shape index (κ3) is 2.19. The van der Waals surface area contributed by atoms with E-state index in [9.17, 15) is 0 Å². The van der Waals surface area contributed by atoms with E-state index >= 15 is 0 Å². The molecule has 1 fully saturated rings. The molecule has 0 N–H and O–H groups in total. The van der Waals surface area contributed by atoms with E-state index in [-0.39, 0.29) is 0 Å². The minimum Gasteiger partial charge on any atom is -0.455 e. The van der Waals surface area contributed by atoms with Gasteiger partial charge in [-0.25, -0.2) is 0 Å². The quantitative estimate of drug-likeness (QED) is 0.279. The molecule has 1 aliphatic heterocycles. The molecule has 3 nitrogen and oxygen atoms in total. The van der Waals surface area contributed by atoms with Gasteiger partial charge in [-0.1, -0.05) is 54.6 Å². The van der Waals surface area contributed by atoms with Gasteiger partial charge < -0.3 is 13.7 Å². The van der Waals surface area contributed by atoms with Crippen molar-refractivity contribution in [3.05, 3.63) is 66.7 Å². The number of hydrogen-bond donors (Lipinski definition) is 0. The number of rotatable bonds is 1. The van der Waals surface area contributed by atoms with E-state index in [0.717, 1.165) is 32.8 Å². The molecule has 4 aromatic carbocycles. The maximum atomic E-state index is 6.50. The fourth-order valence-electron chi connectivity index (χ4n) is 5.34. The van der Waals surface area contributed by atoms with Crippen molar-refractivity contribution in [2.45, 2.75) is 38.9 Å². The summed E-state index contributed by atoms with van der Waals surface area (Å²) in [5, 5.41) is 4.62. The monoisotopic (exact) mass is 418 g/mol. The van der Waals surface area contributed by atoms with Crippen molar-refractivity contribution >= 4 is 45.3 Å². The zero-order valence-electron chi connectivity index (χ0n) is 18.7. The van der Waals surface area contributed by atoms with Crippen LogP contribution in [0.4, 0.5) is 0 Å². The predicted molar refractivity (Wildman–Crippen MR) is 131 cm³/mol. The summed E-state index contributed by atoms with van der Waals surface area (Å²) in [5.74, 6) is 0. The van der Waals surface area contributed by atoms with Crippen LogP contribution in [0.25, 0.3) is 55.0 Å². The van der Waals surface area contributed by atoms with Crippen LogP contribution in [0.1, 0.15) is 27.7 Å². The normalized spacial score (nSPS) is 18.2. The third-order valence-electron chi connectivity index (χ3n) is 7.67. The van der Waals surface area contributed by atoms with Gasteiger partial charge in [-0.15, -0.1) is 0 Å². The highest BCUT2D eigenvalue weighted by Gasteiger charge is 2.52. The molecule has 0 atom stereocenters. The van der Waals surface area contributed by atoms with Crippen molar-refractivity contribution in [1.82, 2.24) is 0 Å². The summed E-state index contributed by atoms with van der Waals surface area (Å²) in [7, 11) is -0.438. The van der Waals surface area contributed by atoms with Gasteiger partial charge in [0.1, 0.15) is 11.2 Å². The number of benzene rings is 4. The highest BCUT2D eigenvalue weighted by Crippen LogP contribution is 2.50. The first kappa shape index (κ1) is 18.5.